The van der Waals surface area contributed by atoms with Gasteiger partial charge in [-0.05, 0) is 24.1 Å². The van der Waals surface area contributed by atoms with Crippen LogP contribution in [0.5, 0.6) is 0 Å². The summed E-state index contributed by atoms with van der Waals surface area (Å²) in [7, 11) is 0. The predicted octanol–water partition coefficient (Wildman–Crippen LogP) is 2.16. The molecular weight excluding hydrogens is 214 g/mol. The summed E-state index contributed by atoms with van der Waals surface area (Å²) >= 11 is 0. The van der Waals surface area contributed by atoms with Crippen molar-refractivity contribution in [2.45, 2.75) is 19.8 Å². The number of hydrogen-bond donors (Lipinski definition) is 1. The minimum absolute atomic E-state index is 0.108. The molecule has 2 rings (SSSR count). The van der Waals surface area contributed by atoms with Crippen LogP contribution < -0.4 is 5.56 Å². The summed E-state index contributed by atoms with van der Waals surface area (Å²) < 4.78 is 1.45. The van der Waals surface area contributed by atoms with E-state index in [0.29, 0.717) is 11.3 Å². The van der Waals surface area contributed by atoms with E-state index in [-0.39, 0.29) is 11.5 Å². The van der Waals surface area contributed by atoms with Gasteiger partial charge in [-0.15, -0.1) is 0 Å². The van der Waals surface area contributed by atoms with Crippen molar-refractivity contribution in [1.29, 1.82) is 5.26 Å². The fraction of sp³-hybridized carbons (Fsp3) is 0.231. The molecule has 1 aromatic heterocycles. The lowest BCUT2D eigenvalue weighted by Gasteiger charge is -2.03. The zero-order valence-electron chi connectivity index (χ0n) is 9.77. The van der Waals surface area contributed by atoms with E-state index in [0.717, 1.165) is 5.69 Å². The molecule has 1 heterocycles. The van der Waals surface area contributed by atoms with Crippen LogP contribution in [0.4, 0.5) is 0 Å². The monoisotopic (exact) mass is 227 g/mol. The third-order valence-corrected chi connectivity index (χ3v) is 2.60. The molecule has 1 N–H and O–H groups in total. The standard InChI is InChI=1S/C13H13N3O/c1-9(2)12-7-13(17)16(15-12)11-5-3-4-10(6-11)8-14/h3-7,9,15H,1-2H3. The number of nitrogens with zero attached hydrogens (tertiary/aromatic N) is 2. The maximum absolute atomic E-state index is 11.8. The largest absolute Gasteiger partial charge is 0.295 e. The highest BCUT2D eigenvalue weighted by atomic mass is 16.1. The summed E-state index contributed by atoms with van der Waals surface area (Å²) in [5.74, 6) is 0.267. The Hall–Kier alpha value is -2.28. The van der Waals surface area contributed by atoms with Gasteiger partial charge in [0.05, 0.1) is 17.3 Å². The predicted molar refractivity (Wildman–Crippen MR) is 65.2 cm³/mol. The Bertz CT molecular complexity index is 629. The first-order chi connectivity index (χ1) is 8.11. The number of hydrogen-bond acceptors (Lipinski definition) is 2. The minimum Gasteiger partial charge on any atom is -0.295 e. The van der Waals surface area contributed by atoms with Crippen molar-refractivity contribution in [2.75, 3.05) is 0 Å². The van der Waals surface area contributed by atoms with Gasteiger partial charge in [0, 0.05) is 11.8 Å². The molecule has 86 valence electrons. The average molecular weight is 227 g/mol. The molecule has 2 aromatic rings. The van der Waals surface area contributed by atoms with E-state index in [2.05, 4.69) is 11.2 Å². The molecule has 0 aliphatic carbocycles. The topological polar surface area (TPSA) is 61.6 Å². The van der Waals surface area contributed by atoms with E-state index in [9.17, 15) is 4.79 Å². The van der Waals surface area contributed by atoms with E-state index < -0.39 is 0 Å². The molecule has 0 unspecified atom stereocenters. The molecule has 0 aliphatic heterocycles. The summed E-state index contributed by atoms with van der Waals surface area (Å²) in [5, 5.41) is 11.9. The number of aromatic amines is 1. The third kappa shape index (κ3) is 2.13. The van der Waals surface area contributed by atoms with E-state index in [1.54, 1.807) is 30.3 Å². The molecule has 0 spiro atoms. The molecular formula is C13H13N3O. The Morgan fingerprint density at radius 2 is 2.12 bits per heavy atom. The van der Waals surface area contributed by atoms with Crippen molar-refractivity contribution in [3.63, 3.8) is 0 Å². The van der Waals surface area contributed by atoms with E-state index in [1.165, 1.54) is 4.68 Å². The van der Waals surface area contributed by atoms with E-state index in [1.807, 2.05) is 13.8 Å². The number of H-pyrrole nitrogens is 1. The molecule has 1 aromatic carbocycles. The van der Waals surface area contributed by atoms with Crippen LogP contribution in [0.1, 0.15) is 31.0 Å². The number of nitriles is 1. The van der Waals surface area contributed by atoms with Gasteiger partial charge in [-0.1, -0.05) is 19.9 Å². The van der Waals surface area contributed by atoms with Gasteiger partial charge in [0.25, 0.3) is 5.56 Å². The van der Waals surface area contributed by atoms with Crippen molar-refractivity contribution in [3.8, 4) is 11.8 Å². The Morgan fingerprint density at radius 3 is 2.71 bits per heavy atom. The van der Waals surface area contributed by atoms with Gasteiger partial charge in [0.2, 0.25) is 0 Å². The number of benzene rings is 1. The molecule has 0 atom stereocenters. The van der Waals surface area contributed by atoms with Crippen molar-refractivity contribution in [3.05, 3.63) is 51.9 Å². The highest BCUT2D eigenvalue weighted by Gasteiger charge is 2.07. The van der Waals surface area contributed by atoms with Gasteiger partial charge in [-0.2, -0.15) is 5.26 Å². The summed E-state index contributed by atoms with van der Waals surface area (Å²) in [4.78, 5) is 11.8. The molecule has 0 saturated heterocycles. The van der Waals surface area contributed by atoms with Gasteiger partial charge in [-0.3, -0.25) is 9.89 Å². The van der Waals surface area contributed by atoms with Crippen molar-refractivity contribution in [1.82, 2.24) is 9.78 Å². The summed E-state index contributed by atoms with van der Waals surface area (Å²) in [6.45, 7) is 4.03. The number of nitrogens with one attached hydrogen (secondary N) is 1. The second kappa shape index (κ2) is 4.30. The van der Waals surface area contributed by atoms with Crippen LogP contribution in [0.15, 0.2) is 35.1 Å². The SMILES string of the molecule is CC(C)c1cc(=O)n(-c2cccc(C#N)c2)[nH]1. The van der Waals surface area contributed by atoms with Gasteiger partial charge in [0.1, 0.15) is 0 Å². The number of aromatic nitrogens is 2. The van der Waals surface area contributed by atoms with Crippen LogP contribution in [-0.4, -0.2) is 9.78 Å². The second-order valence-electron chi connectivity index (χ2n) is 4.20. The normalized spacial score (nSPS) is 10.5. The number of rotatable bonds is 2. The molecule has 4 nitrogen and oxygen atoms in total. The third-order valence-electron chi connectivity index (χ3n) is 2.60. The van der Waals surface area contributed by atoms with E-state index >= 15 is 0 Å². The molecule has 0 bridgehead atoms. The van der Waals surface area contributed by atoms with Crippen molar-refractivity contribution >= 4 is 0 Å². The smallest absolute Gasteiger partial charge is 0.271 e. The van der Waals surface area contributed by atoms with Crippen LogP contribution in [-0.2, 0) is 0 Å². The molecule has 0 fully saturated rings. The van der Waals surface area contributed by atoms with Crippen LogP contribution in [0, 0.1) is 11.3 Å². The first kappa shape index (κ1) is 11.2. The van der Waals surface area contributed by atoms with Gasteiger partial charge in [0.15, 0.2) is 0 Å². The molecule has 0 amide bonds. The van der Waals surface area contributed by atoms with Crippen LogP contribution in [0.25, 0.3) is 5.69 Å². The molecule has 0 radical (unpaired) electrons. The van der Waals surface area contributed by atoms with Gasteiger partial charge < -0.3 is 0 Å². The molecule has 4 heteroatoms. The summed E-state index contributed by atoms with van der Waals surface area (Å²) in [6, 6.07) is 10.6. The van der Waals surface area contributed by atoms with Gasteiger partial charge >= 0.3 is 0 Å². The quantitative estimate of drug-likeness (QED) is 0.854. The Labute approximate surface area is 99.1 Å². The molecule has 0 saturated carbocycles. The lowest BCUT2D eigenvalue weighted by Crippen LogP contribution is -2.13. The molecule has 0 aliphatic rings. The lowest BCUT2D eigenvalue weighted by molar-refractivity contribution is 0.760. The van der Waals surface area contributed by atoms with Crippen molar-refractivity contribution in [2.24, 2.45) is 0 Å². The Morgan fingerprint density at radius 1 is 1.35 bits per heavy atom. The second-order valence-corrected chi connectivity index (χ2v) is 4.20. The first-order valence-corrected chi connectivity index (χ1v) is 5.44. The maximum Gasteiger partial charge on any atom is 0.271 e. The van der Waals surface area contributed by atoms with Crippen LogP contribution >= 0.6 is 0 Å². The fourth-order valence-corrected chi connectivity index (χ4v) is 1.62. The van der Waals surface area contributed by atoms with Crippen molar-refractivity contribution < 1.29 is 0 Å². The van der Waals surface area contributed by atoms with Crippen LogP contribution in [0.2, 0.25) is 0 Å². The summed E-state index contributed by atoms with van der Waals surface area (Å²) in [5.41, 5.74) is 2.00. The molecule has 17 heavy (non-hydrogen) atoms. The zero-order chi connectivity index (χ0) is 12.4. The fourth-order valence-electron chi connectivity index (χ4n) is 1.62. The maximum atomic E-state index is 11.8. The highest BCUT2D eigenvalue weighted by Crippen LogP contribution is 2.12. The lowest BCUT2D eigenvalue weighted by atomic mass is 10.1. The Kier molecular flexibility index (Phi) is 2.84. The Balaban J connectivity index is 2.53. The summed E-state index contributed by atoms with van der Waals surface area (Å²) in [6.07, 6.45) is 0. The van der Waals surface area contributed by atoms with Crippen LogP contribution in [0.3, 0.4) is 0 Å². The average Bonchev–Trinajstić information content (AvgIpc) is 2.72. The zero-order valence-corrected chi connectivity index (χ0v) is 9.77. The minimum atomic E-state index is -0.108. The highest BCUT2D eigenvalue weighted by molar-refractivity contribution is 5.40. The van der Waals surface area contributed by atoms with Gasteiger partial charge in [-0.25, -0.2) is 4.68 Å². The first-order valence-electron chi connectivity index (χ1n) is 5.44. The van der Waals surface area contributed by atoms with E-state index in [4.69, 9.17) is 5.26 Å².